The predicted octanol–water partition coefficient (Wildman–Crippen LogP) is 20.9. The summed E-state index contributed by atoms with van der Waals surface area (Å²) in [7, 11) is 0. The molecule has 0 fully saturated rings. The largest absolute Gasteiger partial charge is 0.456 e. The number of nitrogens with zero attached hydrogens (tertiary/aromatic N) is 6. The number of hydrogen-bond donors (Lipinski definition) is 0. The molecule has 0 amide bonds. The van der Waals surface area contributed by atoms with E-state index in [1.165, 1.54) is 10.8 Å². The van der Waals surface area contributed by atoms with Crippen LogP contribution in [0.2, 0.25) is 0 Å². The summed E-state index contributed by atoms with van der Waals surface area (Å²) >= 11 is 0. The van der Waals surface area contributed by atoms with Gasteiger partial charge in [-0.15, -0.1) is 0 Å². The minimum Gasteiger partial charge on any atom is -0.456 e. The van der Waals surface area contributed by atoms with Crippen molar-refractivity contribution in [3.63, 3.8) is 0 Å². The molecule has 0 N–H and O–H groups in total. The summed E-state index contributed by atoms with van der Waals surface area (Å²) in [5.74, 6) is 1.22. The van der Waals surface area contributed by atoms with Gasteiger partial charge < -0.3 is 18.0 Å². The summed E-state index contributed by atoms with van der Waals surface area (Å²) in [6, 6.07) is 102. The maximum absolute atomic E-state index is 6.89. The molecule has 0 aliphatic heterocycles. The molecule has 8 heteroatoms. The fraction of sp³-hybridized carbons (Fsp3) is 0. The van der Waals surface area contributed by atoms with Crippen LogP contribution >= 0.6 is 0 Å². The Morgan fingerprint density at radius 3 is 1.44 bits per heavy atom. The Morgan fingerprint density at radius 1 is 0.239 bits per heavy atom. The maximum atomic E-state index is 6.89. The van der Waals surface area contributed by atoms with Crippen LogP contribution in [0.3, 0.4) is 0 Å². The van der Waals surface area contributed by atoms with Gasteiger partial charge in [-0.3, -0.25) is 0 Å². The smallest absolute Gasteiger partial charge is 0.164 e. The average molecular weight is 1130 g/mol. The number of para-hydroxylation sites is 6. The molecule has 18 rings (SSSR count). The molecule has 8 nitrogen and oxygen atoms in total. The fourth-order valence-electron chi connectivity index (χ4n) is 13.3. The first-order valence-corrected chi connectivity index (χ1v) is 29.6. The molecule has 0 atom stereocenters. The van der Waals surface area contributed by atoms with E-state index in [9.17, 15) is 0 Å². The number of benzene rings is 12. The van der Waals surface area contributed by atoms with Crippen molar-refractivity contribution >= 4 is 87.5 Å². The Morgan fingerprint density at radius 2 is 0.705 bits per heavy atom. The van der Waals surface area contributed by atoms with Crippen LogP contribution in [0.25, 0.3) is 178 Å². The lowest BCUT2D eigenvalue weighted by Crippen LogP contribution is -2.00. The molecule has 0 saturated carbocycles. The van der Waals surface area contributed by atoms with Gasteiger partial charge in [0.05, 0.1) is 56.1 Å². The third-order valence-corrected chi connectivity index (χ3v) is 17.4. The summed E-state index contributed by atoms with van der Waals surface area (Å²) in [6.07, 6.45) is 0. The van der Waals surface area contributed by atoms with E-state index in [1.807, 2.05) is 36.4 Å². The molecular weight excluding hydrogens is 1080 g/mol. The fourth-order valence-corrected chi connectivity index (χ4v) is 13.3. The molecule has 88 heavy (non-hydrogen) atoms. The van der Waals surface area contributed by atoms with Gasteiger partial charge in [0, 0.05) is 76.6 Å². The van der Waals surface area contributed by atoms with E-state index in [1.54, 1.807) is 0 Å². The maximum Gasteiger partial charge on any atom is 0.164 e. The second-order valence-corrected chi connectivity index (χ2v) is 22.5. The first-order valence-electron chi connectivity index (χ1n) is 29.6. The highest BCUT2D eigenvalue weighted by Crippen LogP contribution is 2.43. The highest BCUT2D eigenvalue weighted by Gasteiger charge is 2.22. The van der Waals surface area contributed by atoms with Crippen molar-refractivity contribution in [3.8, 4) is 90.3 Å². The number of aromatic nitrogens is 6. The molecular formula is C80H48N6O2. The molecule has 12 aromatic carbocycles. The molecule has 6 heterocycles. The van der Waals surface area contributed by atoms with Gasteiger partial charge in [0.25, 0.3) is 0 Å². The Kier molecular flexibility index (Phi) is 11.1. The quantitative estimate of drug-likeness (QED) is 0.143. The van der Waals surface area contributed by atoms with Gasteiger partial charge in [-0.2, -0.15) is 0 Å². The van der Waals surface area contributed by atoms with Gasteiger partial charge in [0.2, 0.25) is 0 Å². The first kappa shape index (κ1) is 49.4. The molecule has 0 radical (unpaired) electrons. The van der Waals surface area contributed by atoms with Crippen molar-refractivity contribution in [1.82, 2.24) is 29.1 Å². The van der Waals surface area contributed by atoms with Crippen molar-refractivity contribution in [3.05, 3.63) is 291 Å². The Balaban J connectivity index is 0.740. The highest BCUT2D eigenvalue weighted by molar-refractivity contribution is 6.14. The van der Waals surface area contributed by atoms with Crippen LogP contribution in [-0.2, 0) is 0 Å². The SMILES string of the molecule is c1ccc(-c2cc(-c3ccccc3-n3c4ccccc4c4cc(-c5ccc6oc7c(-c8nc(-c9ccccc9)cc(-c9cccc(-n%10c%11ccccc%11c%11ccccc%11%10)c9)n8)cccc7c6c5)ccc43)nc(-c3ccc4oc5ccccc5c4c3)n2)cc1. The van der Waals surface area contributed by atoms with Crippen molar-refractivity contribution < 1.29 is 8.83 Å². The minimum atomic E-state index is 0.588. The Hall–Kier alpha value is -12.0. The molecule has 410 valence electrons. The summed E-state index contributed by atoms with van der Waals surface area (Å²) < 4.78 is 17.9. The van der Waals surface area contributed by atoms with Gasteiger partial charge in [-0.05, 0) is 114 Å². The molecule has 0 aliphatic carbocycles. The van der Waals surface area contributed by atoms with Gasteiger partial charge >= 0.3 is 0 Å². The number of furan rings is 2. The molecule has 0 aliphatic rings. The molecule has 0 unspecified atom stereocenters. The second kappa shape index (κ2) is 19.8. The summed E-state index contributed by atoms with van der Waals surface area (Å²) in [6.45, 7) is 0. The summed E-state index contributed by atoms with van der Waals surface area (Å²) in [5, 5.41) is 8.83. The second-order valence-electron chi connectivity index (χ2n) is 22.5. The van der Waals surface area contributed by atoms with Gasteiger partial charge in [-0.25, -0.2) is 19.9 Å². The normalized spacial score (nSPS) is 11.9. The monoisotopic (exact) mass is 1120 g/mol. The lowest BCUT2D eigenvalue weighted by Gasteiger charge is -2.15. The molecule has 6 aromatic heterocycles. The van der Waals surface area contributed by atoms with E-state index in [-0.39, 0.29) is 0 Å². The minimum absolute atomic E-state index is 0.588. The number of fused-ring (bicyclic) bond motifs is 12. The van der Waals surface area contributed by atoms with Crippen LogP contribution in [-0.4, -0.2) is 29.1 Å². The molecule has 0 saturated heterocycles. The van der Waals surface area contributed by atoms with Crippen molar-refractivity contribution in [2.75, 3.05) is 0 Å². The van der Waals surface area contributed by atoms with Crippen LogP contribution in [0.15, 0.2) is 300 Å². The zero-order valence-electron chi connectivity index (χ0n) is 47.2. The van der Waals surface area contributed by atoms with Gasteiger partial charge in [-0.1, -0.05) is 188 Å². The van der Waals surface area contributed by atoms with E-state index >= 15 is 0 Å². The summed E-state index contributed by atoms with van der Waals surface area (Å²) in [5.41, 5.74) is 21.0. The lowest BCUT2D eigenvalue weighted by molar-refractivity contribution is 0.669. The standard InChI is InChI=1S/C80H48N6O2/c1-3-19-49(20-4-1)66-47-68(53-23-17-24-55(43-53)85-70-32-12-7-25-56(70)57-26-8-13-33-71(57)85)83-80(82-66)62-31-18-30-60-65-45-52(38-41-77(65)88-78(60)62)51-37-40-74-63(44-51)58-27-9-14-34-72(58)86(74)73-35-15-10-29-61(73)69-48-67(50-21-5-2-6-22-50)81-79(84-69)54-39-42-76-64(46-54)59-28-11-16-36-75(59)87-76/h1-48H. The van der Waals surface area contributed by atoms with Crippen LogP contribution in [0, 0.1) is 0 Å². The first-order chi connectivity index (χ1) is 43.6. The lowest BCUT2D eigenvalue weighted by atomic mass is 10.00. The van der Waals surface area contributed by atoms with E-state index in [2.05, 4.69) is 264 Å². The topological polar surface area (TPSA) is 87.7 Å². The Bertz CT molecular complexity index is 5780. The molecule has 0 bridgehead atoms. The zero-order valence-corrected chi connectivity index (χ0v) is 47.2. The molecule has 0 spiro atoms. The average Bonchev–Trinajstić information content (AvgIpc) is 1.71. The van der Waals surface area contributed by atoms with Crippen LogP contribution in [0.4, 0.5) is 0 Å². The van der Waals surface area contributed by atoms with Crippen molar-refractivity contribution in [1.29, 1.82) is 0 Å². The highest BCUT2D eigenvalue weighted by atomic mass is 16.3. The third-order valence-electron chi connectivity index (χ3n) is 17.4. The third kappa shape index (κ3) is 8.00. The van der Waals surface area contributed by atoms with Crippen molar-refractivity contribution in [2.45, 2.75) is 0 Å². The Labute approximate surface area is 504 Å². The van der Waals surface area contributed by atoms with E-state index in [0.717, 1.165) is 155 Å². The van der Waals surface area contributed by atoms with Crippen LogP contribution in [0.1, 0.15) is 0 Å². The van der Waals surface area contributed by atoms with E-state index < -0.39 is 0 Å². The number of rotatable bonds is 9. The van der Waals surface area contributed by atoms with Gasteiger partial charge in [0.1, 0.15) is 22.3 Å². The zero-order chi connectivity index (χ0) is 57.8. The van der Waals surface area contributed by atoms with Gasteiger partial charge in [0.15, 0.2) is 11.6 Å². The molecule has 18 aromatic rings. The predicted molar refractivity (Wildman–Crippen MR) is 359 cm³/mol. The van der Waals surface area contributed by atoms with E-state index in [4.69, 9.17) is 28.8 Å². The van der Waals surface area contributed by atoms with Crippen LogP contribution < -0.4 is 0 Å². The van der Waals surface area contributed by atoms with Crippen LogP contribution in [0.5, 0.6) is 0 Å². The van der Waals surface area contributed by atoms with E-state index in [0.29, 0.717) is 11.6 Å². The summed E-state index contributed by atoms with van der Waals surface area (Å²) in [4.78, 5) is 21.3. The number of hydrogen-bond acceptors (Lipinski definition) is 6. The van der Waals surface area contributed by atoms with Crippen molar-refractivity contribution in [2.24, 2.45) is 0 Å².